The second-order valence-electron chi connectivity index (χ2n) is 0.742. The van der Waals surface area contributed by atoms with E-state index in [4.69, 9.17) is 90.4 Å². The van der Waals surface area contributed by atoms with Gasteiger partial charge in [-0.05, 0) is 0 Å². The predicted octanol–water partition coefficient (Wildman–Crippen LogP) is 5.06. The minimum atomic E-state index is -1.72. The van der Waals surface area contributed by atoms with Crippen molar-refractivity contribution in [2.45, 2.75) is 0 Å². The Morgan fingerprint density at radius 2 is 0.333 bits per heavy atom. The zero-order valence-electron chi connectivity index (χ0n) is 5.13. The van der Waals surface area contributed by atoms with Gasteiger partial charge in [0, 0.05) is 0 Å². The first kappa shape index (κ1) is 21.5. The molecule has 12 heteroatoms. The lowest BCUT2D eigenvalue weighted by molar-refractivity contribution is 4.07. The van der Waals surface area contributed by atoms with Crippen molar-refractivity contribution in [3.63, 3.8) is 0 Å². The molecule has 0 radical (unpaired) electrons. The van der Waals surface area contributed by atoms with E-state index in [-0.39, 0.29) is 0 Å². The lowest BCUT2D eigenvalue weighted by Gasteiger charge is -1.57. The van der Waals surface area contributed by atoms with E-state index in [1.54, 1.807) is 0 Å². The normalized spacial score (nSPS) is 6.75. The number of hydrogen-bond donors (Lipinski definition) is 0. The van der Waals surface area contributed by atoms with Crippen molar-refractivity contribution >= 4 is 125 Å². The van der Waals surface area contributed by atoms with Gasteiger partial charge in [0.1, 0.15) is 0 Å². The van der Waals surface area contributed by atoms with Crippen LogP contribution in [0.2, 0.25) is 0 Å². The Kier molecular flexibility index (Phi) is 31.5. The molecule has 0 aliphatic heterocycles. The molecule has 0 aromatic carbocycles. The van der Waals surface area contributed by atoms with E-state index in [1.165, 1.54) is 0 Å². The molecular formula is Al3Cl9. The maximum atomic E-state index is 4.94. The van der Waals surface area contributed by atoms with Crippen LogP contribution in [0.5, 0.6) is 0 Å². The van der Waals surface area contributed by atoms with Gasteiger partial charge >= 0.3 is 34.2 Å². The zero-order valence-corrected chi connectivity index (χ0v) is 15.4. The number of hydrogen-bond acceptors (Lipinski definition) is 0. The Labute approximate surface area is 122 Å². The Morgan fingerprint density at radius 1 is 0.333 bits per heavy atom. The van der Waals surface area contributed by atoms with E-state index in [0.29, 0.717) is 0 Å². The predicted molar refractivity (Wildman–Crippen MR) is 69.9 cm³/mol. The fraction of sp³-hybridized carbons (Fsp3) is 0. The van der Waals surface area contributed by atoms with Gasteiger partial charge in [0.2, 0.25) is 0 Å². The second kappa shape index (κ2) is 17.6. The average molecular weight is 400 g/mol. The molecule has 0 aliphatic carbocycles. The molecule has 0 aliphatic rings. The highest BCUT2D eigenvalue weighted by atomic mass is 35.8. The Morgan fingerprint density at radius 3 is 0.333 bits per heavy atom. The summed E-state index contributed by atoms with van der Waals surface area (Å²) >= 11 is -5.17. The SMILES string of the molecule is [Cl][Al]([Cl])[Cl].[Cl][Al]([Cl])[Cl].[Cl][Al]([Cl])[Cl]. The van der Waals surface area contributed by atoms with Crippen molar-refractivity contribution in [1.82, 2.24) is 0 Å². The Bertz CT molecular complexity index is 38.3. The molecule has 12 heavy (non-hydrogen) atoms. The quantitative estimate of drug-likeness (QED) is 0.499. The van der Waals surface area contributed by atoms with E-state index < -0.39 is 34.2 Å². The molecule has 0 unspecified atom stereocenters. The van der Waals surface area contributed by atoms with Crippen molar-refractivity contribution in [2.75, 3.05) is 0 Å². The van der Waals surface area contributed by atoms with Crippen LogP contribution in [-0.2, 0) is 0 Å². The van der Waals surface area contributed by atoms with Gasteiger partial charge in [-0.15, -0.1) is 0 Å². The van der Waals surface area contributed by atoms with Crippen LogP contribution in [-0.4, -0.2) is 34.2 Å². The molecule has 72 valence electrons. The standard InChI is InChI=1S/3Al.9ClH/h;;;9*1H/q3*+3;;;;;;;;;/p-9. The first-order valence-corrected chi connectivity index (χ1v) is 17.7. The van der Waals surface area contributed by atoms with Crippen LogP contribution >= 0.6 is 90.4 Å². The molecule has 0 N–H and O–H groups in total. The second-order valence-corrected chi connectivity index (χ2v) is 20.0. The molecule has 0 fully saturated rings. The molecular weight excluding hydrogens is 400 g/mol. The van der Waals surface area contributed by atoms with Crippen LogP contribution in [0.1, 0.15) is 0 Å². The van der Waals surface area contributed by atoms with Crippen molar-refractivity contribution in [2.24, 2.45) is 0 Å². The van der Waals surface area contributed by atoms with Crippen molar-refractivity contribution < 1.29 is 0 Å². The van der Waals surface area contributed by atoms with Gasteiger partial charge < -0.3 is 0 Å². The van der Waals surface area contributed by atoms with E-state index in [9.17, 15) is 0 Å². The molecule has 0 atom stereocenters. The molecule has 0 saturated carbocycles. The molecule has 0 bridgehead atoms. The zero-order chi connectivity index (χ0) is 10.7. The van der Waals surface area contributed by atoms with Gasteiger partial charge in [0.15, 0.2) is 0 Å². The largest absolute Gasteiger partial charge is 0.643 e. The number of rotatable bonds is 0. The van der Waals surface area contributed by atoms with Gasteiger partial charge in [-0.3, -0.25) is 0 Å². The molecule has 0 aromatic rings. The van der Waals surface area contributed by atoms with E-state index >= 15 is 0 Å². The maximum Gasteiger partial charge on any atom is 0.643 e. The third-order valence-electron chi connectivity index (χ3n) is 0. The fourth-order valence-electron chi connectivity index (χ4n) is 0. The Hall–Kier alpha value is 4.21. The summed E-state index contributed by atoms with van der Waals surface area (Å²) in [5, 5.41) is 0. The maximum absolute atomic E-state index is 4.94. The lowest BCUT2D eigenvalue weighted by Crippen LogP contribution is -1.66. The number of halogens is 9. The highest BCUT2D eigenvalue weighted by Gasteiger charge is 2.01. The van der Waals surface area contributed by atoms with Gasteiger partial charge in [0.05, 0.1) is 0 Å². The topological polar surface area (TPSA) is 0 Å². The summed E-state index contributed by atoms with van der Waals surface area (Å²) in [6.07, 6.45) is 0. The summed E-state index contributed by atoms with van der Waals surface area (Å²) in [6.45, 7) is 0. The summed E-state index contributed by atoms with van der Waals surface area (Å²) in [6, 6.07) is 0. The highest BCUT2D eigenvalue weighted by Crippen LogP contribution is 1.98. The van der Waals surface area contributed by atoms with E-state index in [2.05, 4.69) is 0 Å². The molecule has 0 nitrogen and oxygen atoms in total. The monoisotopic (exact) mass is 396 g/mol. The van der Waals surface area contributed by atoms with Gasteiger partial charge in [-0.1, -0.05) is 0 Å². The smallest absolute Gasteiger partial charge is 0.214 e. The summed E-state index contributed by atoms with van der Waals surface area (Å²) in [5.74, 6) is 0. The molecule has 0 spiro atoms. The van der Waals surface area contributed by atoms with Crippen molar-refractivity contribution in [1.29, 1.82) is 0 Å². The molecule has 0 saturated heterocycles. The third kappa shape index (κ3) is 140. The highest BCUT2D eigenvalue weighted by molar-refractivity contribution is 7.54. The van der Waals surface area contributed by atoms with Crippen LogP contribution in [0, 0.1) is 0 Å². The molecule has 0 amide bonds. The van der Waals surface area contributed by atoms with E-state index in [0.717, 1.165) is 0 Å². The van der Waals surface area contributed by atoms with Crippen molar-refractivity contribution in [3.8, 4) is 0 Å². The lowest BCUT2D eigenvalue weighted by atomic mass is 26.6. The molecule has 0 heterocycles. The van der Waals surface area contributed by atoms with Crippen LogP contribution in [0.15, 0.2) is 0 Å². The summed E-state index contributed by atoms with van der Waals surface area (Å²) in [5.41, 5.74) is 0. The Balaban J connectivity index is -0.000000101. The minimum absolute atomic E-state index is 1.72. The molecule has 0 aromatic heterocycles. The van der Waals surface area contributed by atoms with Gasteiger partial charge in [-0.25, -0.2) is 90.4 Å². The van der Waals surface area contributed by atoms with Gasteiger partial charge in [0.25, 0.3) is 0 Å². The van der Waals surface area contributed by atoms with Crippen LogP contribution in [0.4, 0.5) is 0 Å². The van der Waals surface area contributed by atoms with Crippen LogP contribution in [0.3, 0.4) is 0 Å². The third-order valence-corrected chi connectivity index (χ3v) is 0. The van der Waals surface area contributed by atoms with Crippen LogP contribution < -0.4 is 0 Å². The van der Waals surface area contributed by atoms with Crippen LogP contribution in [0.25, 0.3) is 0 Å². The minimum Gasteiger partial charge on any atom is -0.214 e. The first-order chi connectivity index (χ1) is 5.20. The van der Waals surface area contributed by atoms with Gasteiger partial charge in [-0.2, -0.15) is 0 Å². The first-order valence-electron chi connectivity index (χ1n) is 1.96. The fourth-order valence-corrected chi connectivity index (χ4v) is 0. The van der Waals surface area contributed by atoms with Crippen molar-refractivity contribution in [3.05, 3.63) is 0 Å². The summed E-state index contributed by atoms with van der Waals surface area (Å²) < 4.78 is 0. The summed E-state index contributed by atoms with van der Waals surface area (Å²) in [4.78, 5) is 0. The summed E-state index contributed by atoms with van der Waals surface area (Å²) in [7, 11) is 44.5. The molecule has 0 rings (SSSR count). The van der Waals surface area contributed by atoms with E-state index in [1.807, 2.05) is 0 Å². The average Bonchev–Trinajstić information content (AvgIpc) is 1.54.